The van der Waals surface area contributed by atoms with Gasteiger partial charge in [-0.25, -0.2) is 0 Å². The number of ether oxygens (including phenoxy) is 1. The number of hydrogen-bond donors (Lipinski definition) is 1. The minimum atomic E-state index is -0.560. The molecule has 7 nitrogen and oxygen atoms in total. The summed E-state index contributed by atoms with van der Waals surface area (Å²) in [4.78, 5) is 29.0. The van der Waals surface area contributed by atoms with Crippen LogP contribution in [0.3, 0.4) is 0 Å². The highest BCUT2D eigenvalue weighted by Crippen LogP contribution is 2.48. The van der Waals surface area contributed by atoms with Crippen molar-refractivity contribution in [1.82, 2.24) is 9.58 Å². The Morgan fingerprint density at radius 2 is 1.91 bits per heavy atom. The van der Waals surface area contributed by atoms with Gasteiger partial charge in [-0.05, 0) is 37.1 Å². The Balaban J connectivity index is 1.71. The number of fused-ring (bicyclic) bond motifs is 6. The van der Waals surface area contributed by atoms with Gasteiger partial charge in [-0.3, -0.25) is 19.3 Å². The Morgan fingerprint density at radius 3 is 2.74 bits per heavy atom. The van der Waals surface area contributed by atoms with Crippen LogP contribution < -0.4 is 15.2 Å². The molecule has 34 heavy (non-hydrogen) atoms. The predicted octanol–water partition coefficient (Wildman–Crippen LogP) is 3.86. The van der Waals surface area contributed by atoms with Crippen molar-refractivity contribution in [2.45, 2.75) is 49.2 Å². The summed E-state index contributed by atoms with van der Waals surface area (Å²) in [5, 5.41) is 12.9. The van der Waals surface area contributed by atoms with Crippen LogP contribution in [-0.4, -0.2) is 39.4 Å². The Bertz CT molecular complexity index is 1370. The van der Waals surface area contributed by atoms with Gasteiger partial charge in [-0.15, -0.1) is 11.8 Å². The Kier molecular flexibility index (Phi) is 4.88. The van der Waals surface area contributed by atoms with E-state index < -0.39 is 11.2 Å². The predicted molar refractivity (Wildman–Crippen MR) is 130 cm³/mol. The number of aromatic hydroxyl groups is 1. The zero-order chi connectivity index (χ0) is 23.6. The lowest BCUT2D eigenvalue weighted by Crippen LogP contribution is -2.64. The molecule has 0 saturated heterocycles. The van der Waals surface area contributed by atoms with Gasteiger partial charge >= 0.3 is 0 Å². The minimum Gasteiger partial charge on any atom is -0.502 e. The molecule has 0 radical (unpaired) electrons. The van der Waals surface area contributed by atoms with Gasteiger partial charge in [0.05, 0.1) is 6.61 Å². The van der Waals surface area contributed by atoms with Crippen LogP contribution in [-0.2, 0) is 5.75 Å². The summed E-state index contributed by atoms with van der Waals surface area (Å²) in [7, 11) is 0. The van der Waals surface area contributed by atoms with Crippen LogP contribution in [0.2, 0.25) is 0 Å². The van der Waals surface area contributed by atoms with E-state index in [4.69, 9.17) is 4.74 Å². The summed E-state index contributed by atoms with van der Waals surface area (Å²) in [5.41, 5.74) is 2.79. The largest absolute Gasteiger partial charge is 0.502 e. The number of carbonyl (C=O) groups excluding carboxylic acids is 1. The molecule has 0 bridgehead atoms. The Hall–Kier alpha value is -3.39. The van der Waals surface area contributed by atoms with E-state index in [-0.39, 0.29) is 29.9 Å². The average Bonchev–Trinajstić information content (AvgIpc) is 2.97. The standard InChI is InChI=1S/C26H25N3O4S/c1-15(2)28-21-11-13-33-19-8-5-6-16-14-34-20-9-4-3-7-17(20)23(22(16)19)29(21)27-12-10-18(30)25(31)24(27)26(28)32/h3-10,12,15,21,23,31H,11,13-14H2,1-2H3/t21-,23+/m1/s1. The number of nitrogens with zero attached hydrogens (tertiary/aromatic N) is 3. The van der Waals surface area contributed by atoms with Crippen LogP contribution in [0.5, 0.6) is 11.5 Å². The maximum absolute atomic E-state index is 13.7. The van der Waals surface area contributed by atoms with Gasteiger partial charge in [-0.2, -0.15) is 0 Å². The second-order valence-corrected chi connectivity index (χ2v) is 10.1. The van der Waals surface area contributed by atoms with Gasteiger partial charge < -0.3 is 14.7 Å². The maximum atomic E-state index is 13.7. The number of rotatable bonds is 1. The molecule has 0 fully saturated rings. The van der Waals surface area contributed by atoms with E-state index in [0.717, 1.165) is 27.5 Å². The first-order valence-electron chi connectivity index (χ1n) is 11.5. The van der Waals surface area contributed by atoms with Crippen molar-refractivity contribution >= 4 is 17.7 Å². The van der Waals surface area contributed by atoms with Gasteiger partial charge in [0, 0.05) is 40.9 Å². The van der Waals surface area contributed by atoms with E-state index in [9.17, 15) is 14.7 Å². The SMILES string of the molecule is CC(C)N1C(=O)c2c(O)c(=O)ccn2N2[C@H]3c4ccccc4SCc4cccc(c43)OCC[C@H]12. The van der Waals surface area contributed by atoms with E-state index in [1.54, 1.807) is 27.5 Å². The lowest BCUT2D eigenvalue weighted by atomic mass is 9.91. The fourth-order valence-electron chi connectivity index (χ4n) is 5.43. The van der Waals surface area contributed by atoms with Gasteiger partial charge in [0.1, 0.15) is 18.0 Å². The molecule has 3 aliphatic heterocycles. The Morgan fingerprint density at radius 1 is 1.09 bits per heavy atom. The van der Waals surface area contributed by atoms with Crippen molar-refractivity contribution in [3.8, 4) is 11.5 Å². The second-order valence-electron chi connectivity index (χ2n) is 9.08. The monoisotopic (exact) mass is 475 g/mol. The lowest BCUT2D eigenvalue weighted by molar-refractivity contribution is 0.0407. The van der Waals surface area contributed by atoms with Gasteiger partial charge in [0.2, 0.25) is 5.43 Å². The topological polar surface area (TPSA) is 75.0 Å². The van der Waals surface area contributed by atoms with Crippen LogP contribution >= 0.6 is 11.8 Å². The molecule has 1 amide bonds. The van der Waals surface area contributed by atoms with Crippen molar-refractivity contribution in [3.05, 3.63) is 87.3 Å². The third kappa shape index (κ3) is 2.98. The molecule has 4 heterocycles. The van der Waals surface area contributed by atoms with Gasteiger partial charge in [-0.1, -0.05) is 30.3 Å². The molecular formula is C26H25N3O4S. The third-order valence-corrected chi connectivity index (χ3v) is 7.99. The first-order valence-corrected chi connectivity index (χ1v) is 12.5. The third-order valence-electron chi connectivity index (χ3n) is 6.85. The lowest BCUT2D eigenvalue weighted by Gasteiger charge is -2.52. The average molecular weight is 476 g/mol. The highest BCUT2D eigenvalue weighted by Gasteiger charge is 2.46. The molecule has 8 heteroatoms. The first kappa shape index (κ1) is 21.2. The molecule has 6 rings (SSSR count). The maximum Gasteiger partial charge on any atom is 0.278 e. The zero-order valence-corrected chi connectivity index (χ0v) is 19.8. The Labute approximate surface area is 201 Å². The van der Waals surface area contributed by atoms with E-state index in [0.29, 0.717) is 13.0 Å². The van der Waals surface area contributed by atoms with Crippen LogP contribution in [0.25, 0.3) is 0 Å². The summed E-state index contributed by atoms with van der Waals surface area (Å²) in [5.74, 6) is 0.766. The number of hydrogen-bond acceptors (Lipinski definition) is 6. The highest BCUT2D eigenvalue weighted by atomic mass is 32.2. The summed E-state index contributed by atoms with van der Waals surface area (Å²) in [6.45, 7) is 4.36. The molecule has 0 saturated carbocycles. The summed E-state index contributed by atoms with van der Waals surface area (Å²) in [6, 6.07) is 15.4. The van der Waals surface area contributed by atoms with E-state index in [1.807, 2.05) is 38.1 Å². The fourth-order valence-corrected chi connectivity index (χ4v) is 6.52. The smallest absolute Gasteiger partial charge is 0.278 e. The van der Waals surface area contributed by atoms with Crippen molar-refractivity contribution < 1.29 is 14.6 Å². The van der Waals surface area contributed by atoms with Crippen molar-refractivity contribution in [3.63, 3.8) is 0 Å². The molecule has 0 aliphatic carbocycles. The molecule has 3 aliphatic rings. The number of benzene rings is 2. The van der Waals surface area contributed by atoms with Gasteiger partial charge in [0.25, 0.3) is 5.91 Å². The number of amides is 1. The zero-order valence-electron chi connectivity index (χ0n) is 19.0. The van der Waals surface area contributed by atoms with Crippen molar-refractivity contribution in [2.24, 2.45) is 0 Å². The van der Waals surface area contributed by atoms with Crippen LogP contribution in [0.4, 0.5) is 0 Å². The fraction of sp³-hybridized carbons (Fsp3) is 0.308. The van der Waals surface area contributed by atoms with Crippen LogP contribution in [0.1, 0.15) is 53.5 Å². The van der Waals surface area contributed by atoms with Crippen LogP contribution in [0, 0.1) is 0 Å². The van der Waals surface area contributed by atoms with Crippen molar-refractivity contribution in [1.29, 1.82) is 0 Å². The molecule has 1 aromatic heterocycles. The number of thioether (sulfide) groups is 1. The summed E-state index contributed by atoms with van der Waals surface area (Å²) < 4.78 is 8.01. The highest BCUT2D eigenvalue weighted by molar-refractivity contribution is 7.98. The van der Waals surface area contributed by atoms with Crippen molar-refractivity contribution in [2.75, 3.05) is 11.6 Å². The molecule has 1 N–H and O–H groups in total. The van der Waals surface area contributed by atoms with E-state index in [1.165, 1.54) is 11.6 Å². The molecular weight excluding hydrogens is 450 g/mol. The molecule has 2 atom stereocenters. The second kappa shape index (κ2) is 7.84. The van der Waals surface area contributed by atoms with Crippen LogP contribution in [0.15, 0.2) is 64.4 Å². The number of carbonyl (C=O) groups is 1. The first-order chi connectivity index (χ1) is 16.5. The molecule has 174 valence electrons. The molecule has 0 unspecified atom stereocenters. The van der Waals surface area contributed by atoms with E-state index in [2.05, 4.69) is 23.2 Å². The quantitative estimate of drug-likeness (QED) is 0.576. The summed E-state index contributed by atoms with van der Waals surface area (Å²) >= 11 is 1.78. The van der Waals surface area contributed by atoms with E-state index >= 15 is 0 Å². The minimum absolute atomic E-state index is 0.00681. The number of pyridine rings is 1. The molecule has 0 spiro atoms. The van der Waals surface area contributed by atoms with Gasteiger partial charge in [0.15, 0.2) is 11.4 Å². The normalized spacial score (nSPS) is 20.9. The summed E-state index contributed by atoms with van der Waals surface area (Å²) in [6.07, 6.45) is 1.86. The number of aromatic nitrogens is 1. The molecule has 2 aromatic carbocycles. The molecule has 3 aromatic rings.